The summed E-state index contributed by atoms with van der Waals surface area (Å²) < 4.78 is 5.52. The third-order valence-electron chi connectivity index (χ3n) is 4.15. The fourth-order valence-electron chi connectivity index (χ4n) is 2.91. The van der Waals surface area contributed by atoms with Gasteiger partial charge in [-0.1, -0.05) is 23.2 Å². The lowest BCUT2D eigenvalue weighted by Crippen LogP contribution is -2.08. The van der Waals surface area contributed by atoms with E-state index in [-0.39, 0.29) is 16.4 Å². The highest BCUT2D eigenvalue weighted by Gasteiger charge is 2.19. The van der Waals surface area contributed by atoms with Crippen molar-refractivity contribution in [1.29, 1.82) is 0 Å². The molecule has 0 saturated heterocycles. The van der Waals surface area contributed by atoms with Gasteiger partial charge in [-0.05, 0) is 48.0 Å². The van der Waals surface area contributed by atoms with E-state index < -0.39 is 0 Å². The summed E-state index contributed by atoms with van der Waals surface area (Å²) in [6.45, 7) is 0. The summed E-state index contributed by atoms with van der Waals surface area (Å²) in [4.78, 5) is 24.3. The zero-order valence-corrected chi connectivity index (χ0v) is 15.3. The Hall–Kier alpha value is -2.89. The number of nitrogens with one attached hydrogen (secondary N) is 1. The molecule has 0 bridgehead atoms. The third kappa shape index (κ3) is 3.52. The minimum Gasteiger partial charge on any atom is -0.464 e. The van der Waals surface area contributed by atoms with E-state index in [4.69, 9.17) is 27.6 Å². The molecule has 0 fully saturated rings. The van der Waals surface area contributed by atoms with Crippen LogP contribution < -0.4 is 5.56 Å². The molecule has 0 atom stereocenters. The number of H-pyrrole nitrogens is 1. The van der Waals surface area contributed by atoms with E-state index in [9.17, 15) is 9.59 Å². The molecule has 0 aliphatic rings. The molecule has 5 nitrogen and oxygen atoms in total. The maximum Gasteiger partial charge on any atom is 0.264 e. The van der Waals surface area contributed by atoms with Crippen LogP contribution in [-0.2, 0) is 6.42 Å². The number of hydrogen-bond donors (Lipinski definition) is 1. The van der Waals surface area contributed by atoms with Crippen molar-refractivity contribution in [1.82, 2.24) is 10.2 Å². The highest BCUT2D eigenvalue weighted by atomic mass is 35.5. The lowest BCUT2D eigenvalue weighted by atomic mass is 9.97. The summed E-state index contributed by atoms with van der Waals surface area (Å²) in [7, 11) is 0. The van der Waals surface area contributed by atoms with Crippen LogP contribution in [0.5, 0.6) is 0 Å². The maximum atomic E-state index is 13.1. The fourth-order valence-corrected chi connectivity index (χ4v) is 3.41. The molecule has 0 spiro atoms. The van der Waals surface area contributed by atoms with Crippen molar-refractivity contribution in [2.24, 2.45) is 0 Å². The summed E-state index contributed by atoms with van der Waals surface area (Å²) in [5.74, 6) is -0.257. The van der Waals surface area contributed by atoms with Crippen molar-refractivity contribution in [3.8, 4) is 0 Å². The molecule has 7 heteroatoms. The molecule has 27 heavy (non-hydrogen) atoms. The molecule has 2 aromatic carbocycles. The molecular weight excluding hydrogens is 387 g/mol. The van der Waals surface area contributed by atoms with E-state index in [1.54, 1.807) is 30.3 Å². The molecule has 0 aliphatic carbocycles. The molecule has 0 saturated carbocycles. The molecule has 0 aliphatic heterocycles. The maximum absolute atomic E-state index is 13.1. The molecule has 0 radical (unpaired) electrons. The number of fused-ring (bicyclic) bond motifs is 1. The Kier molecular flexibility index (Phi) is 4.56. The number of carbonyl (C=O) groups is 1. The van der Waals surface area contributed by atoms with Crippen molar-refractivity contribution >= 4 is 40.0 Å². The normalized spacial score (nSPS) is 11.0. The minimum atomic E-state index is -0.266. The minimum absolute atomic E-state index is 0.257. The van der Waals surface area contributed by atoms with Gasteiger partial charge in [0.15, 0.2) is 5.78 Å². The van der Waals surface area contributed by atoms with Crippen LogP contribution in [0.25, 0.3) is 11.0 Å². The summed E-state index contributed by atoms with van der Waals surface area (Å²) in [6, 6.07) is 13.3. The van der Waals surface area contributed by atoms with Gasteiger partial charge in [0.1, 0.15) is 5.58 Å². The lowest BCUT2D eigenvalue weighted by molar-refractivity contribution is 0.103. The molecule has 0 unspecified atom stereocenters. The van der Waals surface area contributed by atoms with Crippen LogP contribution in [0.15, 0.2) is 64.0 Å². The van der Waals surface area contributed by atoms with E-state index in [2.05, 4.69) is 10.2 Å². The number of aromatic nitrogens is 2. The van der Waals surface area contributed by atoms with Gasteiger partial charge >= 0.3 is 0 Å². The van der Waals surface area contributed by atoms with Gasteiger partial charge in [-0.15, -0.1) is 0 Å². The van der Waals surface area contributed by atoms with Gasteiger partial charge in [0.05, 0.1) is 22.5 Å². The smallest absolute Gasteiger partial charge is 0.264 e. The number of benzene rings is 2. The molecule has 1 N–H and O–H groups in total. The number of ketones is 1. The molecular formula is C20H12Cl2N2O3. The molecule has 134 valence electrons. The van der Waals surface area contributed by atoms with Gasteiger partial charge in [0.25, 0.3) is 5.56 Å². The summed E-state index contributed by atoms with van der Waals surface area (Å²) in [5, 5.41) is 7.95. The van der Waals surface area contributed by atoms with Crippen LogP contribution in [0.1, 0.15) is 27.2 Å². The largest absolute Gasteiger partial charge is 0.464 e. The first-order chi connectivity index (χ1) is 13.0. The first-order valence-electron chi connectivity index (χ1n) is 8.06. The Balaban J connectivity index is 1.79. The van der Waals surface area contributed by atoms with Crippen molar-refractivity contribution < 1.29 is 9.21 Å². The zero-order valence-electron chi connectivity index (χ0n) is 13.8. The van der Waals surface area contributed by atoms with E-state index in [1.165, 1.54) is 18.4 Å². The second-order valence-electron chi connectivity index (χ2n) is 6.02. The van der Waals surface area contributed by atoms with Gasteiger partial charge in [-0.3, -0.25) is 9.59 Å². The van der Waals surface area contributed by atoms with Crippen LogP contribution in [-0.4, -0.2) is 16.0 Å². The van der Waals surface area contributed by atoms with Crippen LogP contribution in [0.2, 0.25) is 10.0 Å². The predicted octanol–water partition coefficient (Wildman–Crippen LogP) is 4.64. The number of carbonyl (C=O) groups excluding carboxylic acids is 1. The Morgan fingerprint density at radius 1 is 1.04 bits per heavy atom. The van der Waals surface area contributed by atoms with Crippen LogP contribution >= 0.6 is 23.2 Å². The number of furan rings is 1. The van der Waals surface area contributed by atoms with Crippen molar-refractivity contribution in [2.75, 3.05) is 0 Å². The Morgan fingerprint density at radius 3 is 2.63 bits per heavy atom. The second-order valence-corrected chi connectivity index (χ2v) is 6.87. The first-order valence-corrected chi connectivity index (χ1v) is 8.81. The predicted molar refractivity (Wildman–Crippen MR) is 104 cm³/mol. The van der Waals surface area contributed by atoms with Gasteiger partial charge in [0, 0.05) is 28.5 Å². The average Bonchev–Trinajstić information content (AvgIpc) is 3.11. The zero-order chi connectivity index (χ0) is 19.0. The second kappa shape index (κ2) is 7.02. The number of aromatic amines is 1. The average molecular weight is 399 g/mol. The van der Waals surface area contributed by atoms with Crippen molar-refractivity contribution in [2.45, 2.75) is 6.42 Å². The monoisotopic (exact) mass is 398 g/mol. The van der Waals surface area contributed by atoms with Crippen LogP contribution in [0.3, 0.4) is 0 Å². The molecule has 2 aromatic heterocycles. The molecule has 4 rings (SSSR count). The van der Waals surface area contributed by atoms with E-state index in [1.807, 2.05) is 6.07 Å². The third-order valence-corrected chi connectivity index (χ3v) is 4.70. The van der Waals surface area contributed by atoms with Gasteiger partial charge in [-0.2, -0.15) is 5.10 Å². The molecule has 4 aromatic rings. The highest BCUT2D eigenvalue weighted by Crippen LogP contribution is 2.29. The van der Waals surface area contributed by atoms with Crippen LogP contribution in [0.4, 0.5) is 0 Å². The van der Waals surface area contributed by atoms with E-state index in [0.717, 1.165) is 10.9 Å². The van der Waals surface area contributed by atoms with Crippen molar-refractivity contribution in [3.05, 3.63) is 97.6 Å². The highest BCUT2D eigenvalue weighted by molar-refractivity contribution is 6.37. The Morgan fingerprint density at radius 2 is 1.89 bits per heavy atom. The Labute approximate surface area is 163 Å². The summed E-state index contributed by atoms with van der Waals surface area (Å²) in [6.07, 6.45) is 1.99. The van der Waals surface area contributed by atoms with Gasteiger partial charge in [0.2, 0.25) is 0 Å². The number of rotatable bonds is 4. The fraction of sp³-hybridized carbons (Fsp3) is 0.0500. The lowest BCUT2D eigenvalue weighted by Gasteiger charge is -2.08. The standard InChI is InChI=1S/C20H12Cl2N2O3/c21-13-1-3-15(17(22)10-13)19(26)16-9-11(7-12-5-6-27-20(12)16)8-14-2-4-18(25)24-23-14/h1-7,9-10H,8H2,(H,24,25). The Bertz CT molecular complexity index is 1210. The summed E-state index contributed by atoms with van der Waals surface area (Å²) >= 11 is 12.1. The first kappa shape index (κ1) is 17.5. The molecule has 2 heterocycles. The number of halogens is 2. The summed E-state index contributed by atoms with van der Waals surface area (Å²) in [5.41, 5.74) is 2.51. The van der Waals surface area contributed by atoms with Gasteiger partial charge in [-0.25, -0.2) is 5.10 Å². The number of hydrogen-bond acceptors (Lipinski definition) is 4. The quantitative estimate of drug-likeness (QED) is 0.507. The number of nitrogens with zero attached hydrogens (tertiary/aromatic N) is 1. The topological polar surface area (TPSA) is 76.0 Å². The van der Waals surface area contributed by atoms with Gasteiger partial charge < -0.3 is 4.42 Å². The van der Waals surface area contributed by atoms with E-state index >= 15 is 0 Å². The van der Waals surface area contributed by atoms with Crippen molar-refractivity contribution in [3.63, 3.8) is 0 Å². The molecule has 0 amide bonds. The van der Waals surface area contributed by atoms with Crippen LogP contribution in [0, 0.1) is 0 Å². The van der Waals surface area contributed by atoms with E-state index in [0.29, 0.717) is 33.8 Å². The SMILES string of the molecule is O=C(c1ccc(Cl)cc1Cl)c1cc(Cc2ccc(=O)[nH]n2)cc2ccoc12.